The van der Waals surface area contributed by atoms with Crippen molar-refractivity contribution in [2.24, 2.45) is 5.73 Å². The average Bonchev–Trinajstić information content (AvgIpc) is 2.57. The molecule has 2 rings (SSSR count). The fourth-order valence-electron chi connectivity index (χ4n) is 2.73. The van der Waals surface area contributed by atoms with Crippen LogP contribution >= 0.6 is 0 Å². The van der Waals surface area contributed by atoms with E-state index in [4.69, 9.17) is 5.73 Å². The van der Waals surface area contributed by atoms with Crippen LogP contribution in [0.5, 0.6) is 0 Å². The molecule has 0 spiro atoms. The molecule has 0 bridgehead atoms. The van der Waals surface area contributed by atoms with Gasteiger partial charge in [-0.25, -0.2) is 4.39 Å². The quantitative estimate of drug-likeness (QED) is 0.785. The Morgan fingerprint density at radius 1 is 1.18 bits per heavy atom. The zero-order chi connectivity index (χ0) is 12.3. The lowest BCUT2D eigenvalue weighted by atomic mass is 9.87. The topological polar surface area (TPSA) is 43.1 Å². The molecule has 0 aromatic heterocycles. The number of hydrogen-bond donors (Lipinski definition) is 1. The lowest BCUT2D eigenvalue weighted by Crippen LogP contribution is -2.17. The maximum Gasteiger partial charge on any atom is 0.249 e. The van der Waals surface area contributed by atoms with E-state index in [9.17, 15) is 9.18 Å². The van der Waals surface area contributed by atoms with Gasteiger partial charge >= 0.3 is 0 Å². The molecule has 1 saturated carbocycles. The summed E-state index contributed by atoms with van der Waals surface area (Å²) in [4.78, 5) is 11.4. The van der Waals surface area contributed by atoms with Crippen molar-refractivity contribution >= 4 is 5.91 Å². The molecule has 2 nitrogen and oxygen atoms in total. The molecule has 0 heterocycles. The van der Waals surface area contributed by atoms with Crippen molar-refractivity contribution in [3.63, 3.8) is 0 Å². The van der Waals surface area contributed by atoms with Crippen LogP contribution in [0.4, 0.5) is 4.39 Å². The highest BCUT2D eigenvalue weighted by molar-refractivity contribution is 5.94. The molecule has 17 heavy (non-hydrogen) atoms. The fraction of sp³-hybridized carbons (Fsp3) is 0.500. The van der Waals surface area contributed by atoms with Crippen LogP contribution in [0.2, 0.25) is 0 Å². The van der Waals surface area contributed by atoms with Crippen LogP contribution in [0.3, 0.4) is 0 Å². The number of amides is 1. The highest BCUT2D eigenvalue weighted by Crippen LogP contribution is 2.34. The van der Waals surface area contributed by atoms with Gasteiger partial charge in [0, 0.05) is 11.1 Å². The van der Waals surface area contributed by atoms with Gasteiger partial charge in [-0.1, -0.05) is 31.7 Å². The van der Waals surface area contributed by atoms with Gasteiger partial charge in [0.2, 0.25) is 5.91 Å². The number of rotatable bonds is 2. The summed E-state index contributed by atoms with van der Waals surface area (Å²) < 4.78 is 13.9. The molecule has 2 N–H and O–H groups in total. The molecule has 3 heteroatoms. The van der Waals surface area contributed by atoms with Crippen molar-refractivity contribution in [1.82, 2.24) is 0 Å². The Hall–Kier alpha value is -1.38. The predicted octanol–water partition coefficient (Wildman–Crippen LogP) is 3.36. The fourth-order valence-corrected chi connectivity index (χ4v) is 2.73. The lowest BCUT2D eigenvalue weighted by Gasteiger charge is -2.18. The molecule has 1 fully saturated rings. The summed E-state index contributed by atoms with van der Waals surface area (Å²) in [5.41, 5.74) is 6.23. The SMILES string of the molecule is NC(=O)c1cccc(F)c1C1CCCCCC1. The Morgan fingerprint density at radius 2 is 1.82 bits per heavy atom. The largest absolute Gasteiger partial charge is 0.366 e. The summed E-state index contributed by atoms with van der Waals surface area (Å²) in [5.74, 6) is -0.654. The van der Waals surface area contributed by atoms with Crippen LogP contribution in [0.15, 0.2) is 18.2 Å². The summed E-state index contributed by atoms with van der Waals surface area (Å²) in [7, 11) is 0. The first-order valence-corrected chi connectivity index (χ1v) is 6.28. The minimum absolute atomic E-state index is 0.154. The molecular formula is C14H18FNO. The number of hydrogen-bond acceptors (Lipinski definition) is 1. The molecule has 0 aliphatic heterocycles. The molecule has 0 unspecified atom stereocenters. The molecule has 0 saturated heterocycles. The Kier molecular flexibility index (Phi) is 3.77. The molecule has 0 radical (unpaired) electrons. The summed E-state index contributed by atoms with van der Waals surface area (Å²) in [6, 6.07) is 4.61. The molecule has 1 aliphatic carbocycles. The standard InChI is InChI=1S/C14H18FNO/c15-12-9-5-8-11(14(16)17)13(12)10-6-3-1-2-4-7-10/h5,8-10H,1-4,6-7H2,(H2,16,17). The van der Waals surface area contributed by atoms with Crippen LogP contribution in [0.1, 0.15) is 60.4 Å². The van der Waals surface area contributed by atoms with E-state index in [1.807, 2.05) is 0 Å². The van der Waals surface area contributed by atoms with E-state index in [1.165, 1.54) is 18.9 Å². The zero-order valence-electron chi connectivity index (χ0n) is 9.92. The summed E-state index contributed by atoms with van der Waals surface area (Å²) in [6.45, 7) is 0. The first kappa shape index (κ1) is 12.1. The van der Waals surface area contributed by atoms with Crippen molar-refractivity contribution in [3.05, 3.63) is 35.1 Å². The molecule has 0 atom stereocenters. The molecule has 92 valence electrons. The average molecular weight is 235 g/mol. The minimum Gasteiger partial charge on any atom is -0.366 e. The van der Waals surface area contributed by atoms with Gasteiger partial charge < -0.3 is 5.73 Å². The third kappa shape index (κ3) is 2.65. The van der Waals surface area contributed by atoms with E-state index in [0.29, 0.717) is 11.1 Å². The number of carbonyl (C=O) groups is 1. The third-order valence-corrected chi connectivity index (χ3v) is 3.58. The van der Waals surface area contributed by atoms with Gasteiger partial charge in [-0.05, 0) is 30.9 Å². The summed E-state index contributed by atoms with van der Waals surface area (Å²) >= 11 is 0. The number of nitrogens with two attached hydrogens (primary N) is 1. The first-order valence-electron chi connectivity index (χ1n) is 6.28. The Morgan fingerprint density at radius 3 is 2.41 bits per heavy atom. The van der Waals surface area contributed by atoms with Crippen LogP contribution in [-0.4, -0.2) is 5.91 Å². The summed E-state index contributed by atoms with van der Waals surface area (Å²) in [5, 5.41) is 0. The van der Waals surface area contributed by atoms with E-state index in [-0.39, 0.29) is 11.7 Å². The smallest absolute Gasteiger partial charge is 0.249 e. The van der Waals surface area contributed by atoms with Crippen molar-refractivity contribution in [2.75, 3.05) is 0 Å². The second-order valence-electron chi connectivity index (χ2n) is 4.75. The predicted molar refractivity (Wildman–Crippen MR) is 65.4 cm³/mol. The van der Waals surface area contributed by atoms with Crippen LogP contribution in [0.25, 0.3) is 0 Å². The maximum absolute atomic E-state index is 13.9. The summed E-state index contributed by atoms with van der Waals surface area (Å²) in [6.07, 6.45) is 6.55. The van der Waals surface area contributed by atoms with Gasteiger partial charge in [-0.3, -0.25) is 4.79 Å². The van der Waals surface area contributed by atoms with Gasteiger partial charge in [0.25, 0.3) is 0 Å². The van der Waals surface area contributed by atoms with Crippen molar-refractivity contribution in [2.45, 2.75) is 44.4 Å². The van der Waals surface area contributed by atoms with Crippen LogP contribution in [0, 0.1) is 5.82 Å². The Labute approximate surface area is 101 Å². The van der Waals surface area contributed by atoms with Gasteiger partial charge in [-0.2, -0.15) is 0 Å². The van der Waals surface area contributed by atoms with Crippen LogP contribution < -0.4 is 5.73 Å². The van der Waals surface area contributed by atoms with E-state index >= 15 is 0 Å². The zero-order valence-corrected chi connectivity index (χ0v) is 9.92. The van der Waals surface area contributed by atoms with Crippen molar-refractivity contribution in [1.29, 1.82) is 0 Å². The highest BCUT2D eigenvalue weighted by atomic mass is 19.1. The second kappa shape index (κ2) is 5.30. The molecule has 1 aromatic rings. The number of benzene rings is 1. The lowest BCUT2D eigenvalue weighted by molar-refractivity contribution is 0.0998. The van der Waals surface area contributed by atoms with Gasteiger partial charge in [0.1, 0.15) is 5.82 Å². The molecular weight excluding hydrogens is 217 g/mol. The maximum atomic E-state index is 13.9. The first-order chi connectivity index (χ1) is 8.20. The molecule has 1 aliphatic rings. The molecule has 1 aromatic carbocycles. The minimum atomic E-state index is -0.524. The van der Waals surface area contributed by atoms with Crippen molar-refractivity contribution < 1.29 is 9.18 Å². The van der Waals surface area contributed by atoms with E-state index in [1.54, 1.807) is 12.1 Å². The van der Waals surface area contributed by atoms with Gasteiger partial charge in [0.15, 0.2) is 0 Å². The van der Waals surface area contributed by atoms with E-state index < -0.39 is 5.91 Å². The van der Waals surface area contributed by atoms with E-state index in [0.717, 1.165) is 25.7 Å². The Bertz CT molecular complexity index is 409. The third-order valence-electron chi connectivity index (χ3n) is 3.58. The number of primary amides is 1. The second-order valence-corrected chi connectivity index (χ2v) is 4.75. The van der Waals surface area contributed by atoms with Gasteiger partial charge in [0.05, 0.1) is 0 Å². The number of carbonyl (C=O) groups excluding carboxylic acids is 1. The Balaban J connectivity index is 2.37. The van der Waals surface area contributed by atoms with Crippen LogP contribution in [-0.2, 0) is 0 Å². The monoisotopic (exact) mass is 235 g/mol. The normalized spacial score (nSPS) is 17.7. The van der Waals surface area contributed by atoms with E-state index in [2.05, 4.69) is 0 Å². The van der Waals surface area contributed by atoms with Gasteiger partial charge in [-0.15, -0.1) is 0 Å². The molecule has 1 amide bonds. The number of halogens is 1. The highest BCUT2D eigenvalue weighted by Gasteiger charge is 2.22. The van der Waals surface area contributed by atoms with Crippen molar-refractivity contribution in [3.8, 4) is 0 Å².